The van der Waals surface area contributed by atoms with E-state index in [4.69, 9.17) is 4.74 Å². The quantitative estimate of drug-likeness (QED) is 0.358. The van der Waals surface area contributed by atoms with Crippen molar-refractivity contribution in [2.45, 2.75) is 0 Å². The largest absolute Gasteiger partial charge is 0.590 e. The summed E-state index contributed by atoms with van der Waals surface area (Å²) in [4.78, 5) is 13.8. The van der Waals surface area contributed by atoms with E-state index >= 15 is 0 Å². The molecule has 1 atom stereocenters. The molecule has 0 N–H and O–H groups in total. The molecule has 0 aliphatic carbocycles. The minimum Gasteiger partial charge on any atom is -0.590 e. The number of benzene rings is 3. The van der Waals surface area contributed by atoms with Gasteiger partial charge in [0.25, 0.3) is 0 Å². The second-order valence-corrected chi connectivity index (χ2v) is 7.28. The molecule has 1 heterocycles. The Kier molecular flexibility index (Phi) is 4.29. The summed E-state index contributed by atoms with van der Waals surface area (Å²) in [6.07, 6.45) is 0. The van der Waals surface area contributed by atoms with E-state index in [1.807, 2.05) is 66.7 Å². The Morgan fingerprint density at radius 3 is 2.23 bits per heavy atom. The van der Waals surface area contributed by atoms with Crippen LogP contribution in [0.4, 0.5) is 0 Å². The van der Waals surface area contributed by atoms with Gasteiger partial charge in [0, 0.05) is 11.1 Å². The zero-order valence-electron chi connectivity index (χ0n) is 14.1. The third-order valence-electron chi connectivity index (χ3n) is 4.38. The van der Waals surface area contributed by atoms with Crippen molar-refractivity contribution in [1.82, 2.24) is 0 Å². The molecule has 128 valence electrons. The maximum absolute atomic E-state index is 13.2. The number of methoxy groups -OCH3 is 1. The Bertz CT molecular complexity index is 1080. The summed E-state index contributed by atoms with van der Waals surface area (Å²) in [6.45, 7) is 0. The Hall–Kier alpha value is -2.95. The van der Waals surface area contributed by atoms with E-state index in [-0.39, 0.29) is 5.78 Å². The number of fused-ring (bicyclic) bond motifs is 1. The van der Waals surface area contributed by atoms with Gasteiger partial charge in [0.15, 0.2) is 15.4 Å². The molecule has 0 bridgehead atoms. The number of rotatable bonds is 4. The fraction of sp³-hybridized carbons (Fsp3) is 0.0455. The molecule has 0 amide bonds. The summed E-state index contributed by atoms with van der Waals surface area (Å²) in [7, 11) is 0.198. The normalized spacial score (nSPS) is 11.5. The molecule has 0 saturated heterocycles. The minimum absolute atomic E-state index is 0.116. The molecule has 0 fully saturated rings. The Labute approximate surface area is 154 Å². The third kappa shape index (κ3) is 2.69. The number of carbonyl (C=O) groups excluding carboxylic acids is 1. The molecule has 0 spiro atoms. The molecule has 4 heteroatoms. The lowest BCUT2D eigenvalue weighted by atomic mass is 9.98. The van der Waals surface area contributed by atoms with Gasteiger partial charge in [0.05, 0.1) is 18.1 Å². The molecule has 26 heavy (non-hydrogen) atoms. The van der Waals surface area contributed by atoms with Crippen LogP contribution in [0.3, 0.4) is 0 Å². The van der Waals surface area contributed by atoms with Crippen LogP contribution in [-0.2, 0) is 0 Å². The Balaban J connectivity index is 1.99. The van der Waals surface area contributed by atoms with E-state index < -0.39 is 10.8 Å². The molecule has 1 unspecified atom stereocenters. The van der Waals surface area contributed by atoms with Crippen molar-refractivity contribution in [3.05, 3.63) is 90.0 Å². The standard InChI is InChI=1S/C22H16O3S/c1-25-17-13-11-16(12-14-17)22-20(21(23)15-7-3-2-4-8-15)18-9-5-6-10-19(18)26(22)24/h2-14H,1H3. The molecule has 3 aromatic carbocycles. The van der Waals surface area contributed by atoms with Gasteiger partial charge in [-0.1, -0.05) is 42.5 Å². The highest BCUT2D eigenvalue weighted by atomic mass is 32.2. The van der Waals surface area contributed by atoms with Gasteiger partial charge in [-0.3, -0.25) is 4.79 Å². The van der Waals surface area contributed by atoms with Gasteiger partial charge in [-0.2, -0.15) is 0 Å². The SMILES string of the molecule is COc1ccc(-c2c(C(=O)c3ccccc3)c3ccccc3[s+]2[O-])cc1. The van der Waals surface area contributed by atoms with Crippen molar-refractivity contribution in [2.75, 3.05) is 7.11 Å². The molecule has 0 aliphatic rings. The number of hydrogen-bond acceptors (Lipinski definition) is 3. The van der Waals surface area contributed by atoms with Crippen molar-refractivity contribution in [2.24, 2.45) is 0 Å². The van der Waals surface area contributed by atoms with E-state index in [2.05, 4.69) is 0 Å². The Morgan fingerprint density at radius 2 is 1.54 bits per heavy atom. The van der Waals surface area contributed by atoms with Crippen LogP contribution in [0.15, 0.2) is 78.9 Å². The van der Waals surface area contributed by atoms with E-state index in [9.17, 15) is 9.35 Å². The number of hydrogen-bond donors (Lipinski definition) is 0. The van der Waals surface area contributed by atoms with Crippen LogP contribution < -0.4 is 4.74 Å². The minimum atomic E-state index is -1.40. The lowest BCUT2D eigenvalue weighted by Crippen LogP contribution is -2.02. The van der Waals surface area contributed by atoms with Crippen LogP contribution in [-0.4, -0.2) is 17.4 Å². The van der Waals surface area contributed by atoms with Gasteiger partial charge in [-0.05, 0) is 47.1 Å². The lowest BCUT2D eigenvalue weighted by molar-refractivity contribution is 0.104. The molecule has 0 radical (unpaired) electrons. The number of thiophene rings is 1. The first-order valence-corrected chi connectivity index (χ1v) is 9.35. The van der Waals surface area contributed by atoms with Crippen molar-refractivity contribution in [1.29, 1.82) is 0 Å². The third-order valence-corrected chi connectivity index (χ3v) is 5.95. The van der Waals surface area contributed by atoms with Crippen LogP contribution >= 0.6 is 10.8 Å². The second-order valence-electron chi connectivity index (χ2n) is 5.89. The fourth-order valence-electron chi connectivity index (χ4n) is 3.11. The van der Waals surface area contributed by atoms with Crippen LogP contribution in [0.1, 0.15) is 15.9 Å². The van der Waals surface area contributed by atoms with Gasteiger partial charge >= 0.3 is 0 Å². The monoisotopic (exact) mass is 360 g/mol. The van der Waals surface area contributed by atoms with Crippen LogP contribution in [0.25, 0.3) is 20.5 Å². The van der Waals surface area contributed by atoms with Crippen molar-refractivity contribution < 1.29 is 14.1 Å². The van der Waals surface area contributed by atoms with Crippen molar-refractivity contribution in [3.8, 4) is 16.2 Å². The molecule has 1 aromatic heterocycles. The molecule has 0 saturated carbocycles. The van der Waals surface area contributed by atoms with Gasteiger partial charge in [-0.15, -0.1) is 0 Å². The highest BCUT2D eigenvalue weighted by Gasteiger charge is 2.29. The van der Waals surface area contributed by atoms with Gasteiger partial charge in [0.1, 0.15) is 5.75 Å². The van der Waals surface area contributed by atoms with Crippen LogP contribution in [0.2, 0.25) is 0 Å². The van der Waals surface area contributed by atoms with E-state index in [0.717, 1.165) is 10.9 Å². The topological polar surface area (TPSA) is 49.4 Å². The summed E-state index contributed by atoms with van der Waals surface area (Å²) < 4.78 is 19.1. The number of ether oxygens (including phenoxy) is 1. The first-order chi connectivity index (χ1) is 12.7. The lowest BCUT2D eigenvalue weighted by Gasteiger charge is -2.05. The zero-order chi connectivity index (χ0) is 18.1. The highest BCUT2D eigenvalue weighted by Crippen LogP contribution is 2.45. The zero-order valence-corrected chi connectivity index (χ0v) is 15.0. The maximum atomic E-state index is 13.2. The summed E-state index contributed by atoms with van der Waals surface area (Å²) in [5.41, 5.74) is 1.86. The molecular weight excluding hydrogens is 344 g/mol. The molecule has 4 rings (SSSR count). The fourth-order valence-corrected chi connectivity index (χ4v) is 4.64. The summed E-state index contributed by atoms with van der Waals surface area (Å²) in [6, 6.07) is 23.8. The highest BCUT2D eigenvalue weighted by molar-refractivity contribution is 7.35. The van der Waals surface area contributed by atoms with Gasteiger partial charge in [0.2, 0.25) is 0 Å². The van der Waals surface area contributed by atoms with Gasteiger partial charge in [-0.25, -0.2) is 0 Å². The number of ketones is 1. The average molecular weight is 360 g/mol. The van der Waals surface area contributed by atoms with Crippen LogP contribution in [0.5, 0.6) is 5.75 Å². The van der Waals surface area contributed by atoms with Crippen molar-refractivity contribution in [3.63, 3.8) is 0 Å². The predicted molar refractivity (Wildman–Crippen MR) is 104 cm³/mol. The summed E-state index contributed by atoms with van der Waals surface area (Å²) >= 11 is 0. The predicted octanol–water partition coefficient (Wildman–Crippen LogP) is 5.47. The van der Waals surface area contributed by atoms with Gasteiger partial charge < -0.3 is 9.29 Å². The Morgan fingerprint density at radius 1 is 0.885 bits per heavy atom. The number of carbonyl (C=O) groups is 1. The van der Waals surface area contributed by atoms with E-state index in [0.29, 0.717) is 26.5 Å². The first-order valence-electron chi connectivity index (χ1n) is 8.20. The van der Waals surface area contributed by atoms with Crippen molar-refractivity contribution >= 4 is 26.6 Å². The molecule has 0 aliphatic heterocycles. The molecule has 4 aromatic rings. The van der Waals surface area contributed by atoms with Crippen LogP contribution in [0, 0.1) is 0 Å². The average Bonchev–Trinajstić information content (AvgIpc) is 3.01. The molecule has 3 nitrogen and oxygen atoms in total. The maximum Gasteiger partial charge on any atom is 0.199 e. The van der Waals surface area contributed by atoms with E-state index in [1.54, 1.807) is 19.2 Å². The second kappa shape index (κ2) is 6.75. The van der Waals surface area contributed by atoms with E-state index in [1.165, 1.54) is 0 Å². The summed E-state index contributed by atoms with van der Waals surface area (Å²) in [5, 5.41) is 0.741. The first kappa shape index (κ1) is 16.5. The molecular formula is C22H16O3S. The smallest absolute Gasteiger partial charge is 0.199 e. The summed E-state index contributed by atoms with van der Waals surface area (Å²) in [5.74, 6) is 0.598.